The molecule has 0 spiro atoms. The molecule has 0 unspecified atom stereocenters. The van der Waals surface area contributed by atoms with Gasteiger partial charge in [-0.2, -0.15) is 13.2 Å². The van der Waals surface area contributed by atoms with E-state index in [1.54, 1.807) is 29.7 Å². The Morgan fingerprint density at radius 1 is 1.17 bits per heavy atom. The Morgan fingerprint density at radius 2 is 1.97 bits per heavy atom. The van der Waals surface area contributed by atoms with Crippen LogP contribution < -0.4 is 11.1 Å². The lowest BCUT2D eigenvalue weighted by Gasteiger charge is -2.19. The van der Waals surface area contributed by atoms with Crippen LogP contribution in [0.3, 0.4) is 0 Å². The molecular weight excluding hydrogens is 479 g/mol. The topological polar surface area (TPSA) is 152 Å². The Labute approximate surface area is 202 Å². The highest BCUT2D eigenvalue weighted by Crippen LogP contribution is 2.39. The van der Waals surface area contributed by atoms with Crippen LogP contribution in [0.4, 0.5) is 24.9 Å². The molecule has 1 aliphatic carbocycles. The number of hydrogen-bond donors (Lipinski definition) is 4. The van der Waals surface area contributed by atoms with Crippen LogP contribution in [0.25, 0.3) is 21.9 Å². The van der Waals surface area contributed by atoms with Gasteiger partial charge < -0.3 is 20.5 Å². The summed E-state index contributed by atoms with van der Waals surface area (Å²) in [5.74, 6) is -2.46. The third kappa shape index (κ3) is 4.42. The van der Waals surface area contributed by atoms with Gasteiger partial charge in [0.05, 0.1) is 23.0 Å². The van der Waals surface area contributed by atoms with Gasteiger partial charge >= 0.3 is 12.1 Å². The van der Waals surface area contributed by atoms with Crippen molar-refractivity contribution in [1.82, 2.24) is 24.5 Å². The summed E-state index contributed by atoms with van der Waals surface area (Å²) in [4.78, 5) is 27.2. The fourth-order valence-electron chi connectivity index (χ4n) is 4.73. The van der Waals surface area contributed by atoms with E-state index in [2.05, 4.69) is 19.9 Å². The van der Waals surface area contributed by atoms with Gasteiger partial charge in [-0.3, -0.25) is 10.1 Å². The van der Waals surface area contributed by atoms with Gasteiger partial charge in [0.15, 0.2) is 0 Å². The maximum absolute atomic E-state index is 12.5. The minimum Gasteiger partial charge on any atom is -0.390 e. The Hall–Kier alpha value is -3.84. The van der Waals surface area contributed by atoms with Crippen molar-refractivity contribution in [3.63, 3.8) is 0 Å². The van der Waals surface area contributed by atoms with Crippen molar-refractivity contribution in [2.24, 2.45) is 5.92 Å². The first-order chi connectivity index (χ1) is 17.1. The van der Waals surface area contributed by atoms with E-state index < -0.39 is 30.2 Å². The zero-order chi connectivity index (χ0) is 25.6. The van der Waals surface area contributed by atoms with E-state index in [0.717, 1.165) is 5.56 Å². The molecule has 1 aromatic carbocycles. The Balaban J connectivity index is 1.30. The number of fused-ring (bicyclic) bond motifs is 2. The number of nitrogen functional groups attached to an aromatic ring is 1. The maximum Gasteiger partial charge on any atom is 0.471 e. The van der Waals surface area contributed by atoms with Crippen molar-refractivity contribution in [3.8, 4) is 0 Å². The van der Waals surface area contributed by atoms with Crippen LogP contribution in [0.5, 0.6) is 0 Å². The minimum atomic E-state index is -5.04. The molecule has 5 N–H and O–H groups in total. The van der Waals surface area contributed by atoms with Crippen LogP contribution in [0.15, 0.2) is 43.0 Å². The number of benzene rings is 1. The first-order valence-corrected chi connectivity index (χ1v) is 11.2. The number of nitrogens with one attached hydrogen (secondary N) is 1. The Bertz CT molecular complexity index is 1440. The lowest BCUT2D eigenvalue weighted by atomic mass is 9.95. The number of carbonyl (C=O) groups excluding carboxylic acids is 1. The number of anilines is 2. The number of aliphatic hydroxyl groups excluding tert-OH is 2. The van der Waals surface area contributed by atoms with Crippen molar-refractivity contribution < 1.29 is 28.2 Å². The van der Waals surface area contributed by atoms with Gasteiger partial charge in [-0.05, 0) is 42.9 Å². The number of aliphatic hydroxyl groups is 2. The average molecular weight is 501 g/mol. The predicted molar refractivity (Wildman–Crippen MR) is 124 cm³/mol. The quantitative estimate of drug-likeness (QED) is 0.325. The highest BCUT2D eigenvalue weighted by molar-refractivity contribution is 5.94. The number of aryl methyl sites for hydroxylation is 1. The molecule has 5 rings (SSSR count). The van der Waals surface area contributed by atoms with Crippen molar-refractivity contribution >= 4 is 39.6 Å². The molecule has 3 heterocycles. The molecule has 1 aliphatic rings. The summed E-state index contributed by atoms with van der Waals surface area (Å²) < 4.78 is 39.3. The number of rotatable bonds is 5. The van der Waals surface area contributed by atoms with E-state index in [-0.39, 0.29) is 12.0 Å². The molecule has 3 aromatic heterocycles. The van der Waals surface area contributed by atoms with Crippen molar-refractivity contribution in [1.29, 1.82) is 0 Å². The molecule has 0 radical (unpaired) electrons. The number of aromatic nitrogens is 5. The number of carbonyl (C=O) groups is 1. The smallest absolute Gasteiger partial charge is 0.390 e. The summed E-state index contributed by atoms with van der Waals surface area (Å²) in [5, 5.41) is 24.4. The Morgan fingerprint density at radius 3 is 2.75 bits per heavy atom. The van der Waals surface area contributed by atoms with E-state index in [1.165, 1.54) is 12.5 Å². The minimum absolute atomic E-state index is 0.204. The molecule has 1 saturated carbocycles. The van der Waals surface area contributed by atoms with Crippen LogP contribution in [-0.2, 0) is 11.2 Å². The van der Waals surface area contributed by atoms with Gasteiger partial charge in [0.1, 0.15) is 23.9 Å². The summed E-state index contributed by atoms with van der Waals surface area (Å²) in [6.45, 7) is 0. The number of amides is 1. The fraction of sp³-hybridized carbons (Fsp3) is 0.348. The lowest BCUT2D eigenvalue weighted by Crippen LogP contribution is -2.30. The second-order valence-corrected chi connectivity index (χ2v) is 8.84. The monoisotopic (exact) mass is 501 g/mol. The van der Waals surface area contributed by atoms with Gasteiger partial charge in [0.25, 0.3) is 0 Å². The standard InChI is InChI=1S/C23H22F3N7O3/c24-23(25,26)21(36)32-22-28-9-13-4-2-11(7-15(13)31-22)1-3-12-8-16(18(35)17(12)34)33-6-5-14-19(27)29-10-30-20(14)33/h2,4-7,9-10,12,16-18,34-35H,1,3,8H2,(H2,27,29,30)(H,28,31,32,36)/t12-,16+,17+,18-/m0/s1. The van der Waals surface area contributed by atoms with E-state index in [9.17, 15) is 28.2 Å². The molecule has 36 heavy (non-hydrogen) atoms. The molecule has 188 valence electrons. The van der Waals surface area contributed by atoms with Gasteiger partial charge in [-0.25, -0.2) is 19.9 Å². The molecule has 1 amide bonds. The summed E-state index contributed by atoms with van der Waals surface area (Å²) >= 11 is 0. The summed E-state index contributed by atoms with van der Waals surface area (Å²) in [7, 11) is 0. The highest BCUT2D eigenvalue weighted by atomic mass is 19.4. The maximum atomic E-state index is 12.5. The van der Waals surface area contributed by atoms with Crippen LogP contribution in [0, 0.1) is 5.92 Å². The fourth-order valence-corrected chi connectivity index (χ4v) is 4.73. The van der Waals surface area contributed by atoms with E-state index in [4.69, 9.17) is 5.73 Å². The zero-order valence-corrected chi connectivity index (χ0v) is 18.7. The molecule has 1 fully saturated rings. The lowest BCUT2D eigenvalue weighted by molar-refractivity contribution is -0.167. The van der Waals surface area contributed by atoms with Crippen LogP contribution in [0.2, 0.25) is 0 Å². The molecule has 4 aromatic rings. The number of alkyl halides is 3. The summed E-state index contributed by atoms with van der Waals surface area (Å²) in [6.07, 6.45) is -0.923. The Kier molecular flexibility index (Phi) is 5.96. The number of nitrogens with zero attached hydrogens (tertiary/aromatic N) is 5. The van der Waals surface area contributed by atoms with E-state index in [1.807, 2.05) is 10.6 Å². The predicted octanol–water partition coefficient (Wildman–Crippen LogP) is 2.37. The van der Waals surface area contributed by atoms with Crippen molar-refractivity contribution in [2.45, 2.75) is 43.7 Å². The van der Waals surface area contributed by atoms with Crippen molar-refractivity contribution in [2.75, 3.05) is 11.1 Å². The highest BCUT2D eigenvalue weighted by Gasteiger charge is 2.42. The third-order valence-electron chi connectivity index (χ3n) is 6.60. The third-order valence-corrected chi connectivity index (χ3v) is 6.60. The molecule has 4 atom stereocenters. The second-order valence-electron chi connectivity index (χ2n) is 8.84. The van der Waals surface area contributed by atoms with E-state index >= 15 is 0 Å². The van der Waals surface area contributed by atoms with Crippen molar-refractivity contribution in [3.05, 3.63) is 48.5 Å². The van der Waals surface area contributed by atoms with Gasteiger partial charge in [0.2, 0.25) is 5.95 Å². The van der Waals surface area contributed by atoms with Crippen LogP contribution in [0.1, 0.15) is 24.4 Å². The largest absolute Gasteiger partial charge is 0.471 e. The summed E-state index contributed by atoms with van der Waals surface area (Å²) in [5.41, 5.74) is 7.71. The first-order valence-electron chi connectivity index (χ1n) is 11.2. The molecule has 0 bridgehead atoms. The number of hydrogen-bond acceptors (Lipinski definition) is 8. The molecule has 0 saturated heterocycles. The molecule has 0 aliphatic heterocycles. The van der Waals surface area contributed by atoms with E-state index in [0.29, 0.717) is 47.0 Å². The van der Waals surface area contributed by atoms with Gasteiger partial charge in [-0.1, -0.05) is 12.1 Å². The average Bonchev–Trinajstić information content (AvgIpc) is 3.39. The first kappa shape index (κ1) is 23.9. The SMILES string of the molecule is Nc1ncnc2c1ccn2[C@@H]1C[C@H](CCc2ccc3cnc(NC(=O)C(F)(F)F)nc3c2)[C@@H](O)[C@H]1O. The normalized spacial score (nSPS) is 22.4. The summed E-state index contributed by atoms with van der Waals surface area (Å²) in [6, 6.07) is 6.67. The number of nitrogens with two attached hydrogens (primary N) is 1. The molecule has 10 nitrogen and oxygen atoms in total. The molecule has 13 heteroatoms. The number of halogens is 3. The van der Waals surface area contributed by atoms with Crippen LogP contribution in [-0.4, -0.2) is 59.0 Å². The van der Waals surface area contributed by atoms with Gasteiger partial charge in [0, 0.05) is 17.8 Å². The second kappa shape index (κ2) is 8.99. The molecular formula is C23H22F3N7O3. The zero-order valence-electron chi connectivity index (χ0n) is 18.7. The van der Waals surface area contributed by atoms with Crippen LogP contribution >= 0.6 is 0 Å². The van der Waals surface area contributed by atoms with Gasteiger partial charge in [-0.15, -0.1) is 0 Å².